The molecule has 0 radical (unpaired) electrons. The van der Waals surface area contributed by atoms with Crippen molar-refractivity contribution >= 4 is 34.1 Å². The van der Waals surface area contributed by atoms with Crippen LogP contribution >= 0.6 is 0 Å². The molecule has 0 aromatic carbocycles. The van der Waals surface area contributed by atoms with Crippen molar-refractivity contribution in [2.45, 2.75) is 0 Å². The van der Waals surface area contributed by atoms with Gasteiger partial charge in [0.25, 0.3) is 0 Å². The van der Waals surface area contributed by atoms with E-state index < -0.39 is 0 Å². The standard InChI is InChI=1S/C2H9NSi.H2Te/c1-3(2)4;/h1-2,4H3;1H2. The van der Waals surface area contributed by atoms with Crippen LogP contribution in [0.15, 0.2) is 0 Å². The Morgan fingerprint density at radius 2 is 1.40 bits per heavy atom. The van der Waals surface area contributed by atoms with Crippen LogP contribution in [-0.2, 0) is 0 Å². The predicted octanol–water partition coefficient (Wildman–Crippen LogP) is -2.09. The van der Waals surface area contributed by atoms with Gasteiger partial charge >= 0.3 is 23.7 Å². The van der Waals surface area contributed by atoms with E-state index in [2.05, 4.69) is 18.7 Å². The summed E-state index contributed by atoms with van der Waals surface area (Å²) in [5.74, 6) is 0. The van der Waals surface area contributed by atoms with Crippen LogP contribution in [0.3, 0.4) is 0 Å². The van der Waals surface area contributed by atoms with E-state index in [0.29, 0.717) is 0 Å². The molecule has 0 bridgehead atoms. The average molecular weight is 205 g/mol. The summed E-state index contributed by atoms with van der Waals surface area (Å²) < 4.78 is 2.14. The minimum absolute atomic E-state index is 0. The van der Waals surface area contributed by atoms with Gasteiger partial charge in [-0.2, -0.15) is 0 Å². The normalized spacial score (nSPS) is 7.80. The number of nitrogens with zero attached hydrogens (tertiary/aromatic N) is 1. The summed E-state index contributed by atoms with van der Waals surface area (Å²) in [6, 6.07) is 0. The van der Waals surface area contributed by atoms with Crippen LogP contribution < -0.4 is 0 Å². The van der Waals surface area contributed by atoms with Crippen molar-refractivity contribution in [3.63, 3.8) is 0 Å². The second kappa shape index (κ2) is 4.97. The van der Waals surface area contributed by atoms with Gasteiger partial charge in [-0.15, -0.1) is 0 Å². The third-order valence-corrected chi connectivity index (χ3v) is 0. The van der Waals surface area contributed by atoms with Gasteiger partial charge in [0.2, 0.25) is 0 Å². The molecule has 1 nitrogen and oxygen atoms in total. The molecular weight excluding hydrogens is 194 g/mol. The van der Waals surface area contributed by atoms with Crippen LogP contribution in [0, 0.1) is 0 Å². The van der Waals surface area contributed by atoms with Crippen LogP contribution in [0.2, 0.25) is 0 Å². The van der Waals surface area contributed by atoms with Gasteiger partial charge < -0.3 is 4.57 Å². The molecule has 0 aromatic rings. The molecule has 0 unspecified atom stereocenters. The zero-order chi connectivity index (χ0) is 3.58. The molecule has 0 saturated carbocycles. The Labute approximate surface area is 53.0 Å². The number of rotatable bonds is 0. The van der Waals surface area contributed by atoms with Gasteiger partial charge in [0.05, 0.1) is 10.4 Å². The van der Waals surface area contributed by atoms with Crippen LogP contribution in [0.1, 0.15) is 0 Å². The Morgan fingerprint density at radius 3 is 1.40 bits per heavy atom. The Morgan fingerprint density at radius 1 is 1.40 bits per heavy atom. The SMILES string of the molecule is CN(C)[SiH3].[TeH2]. The Kier molecular flexibility index (Phi) is 9.29. The fraction of sp³-hybridized carbons (Fsp3) is 1.00. The molecule has 0 aromatic heterocycles. The van der Waals surface area contributed by atoms with E-state index in [1.807, 2.05) is 0 Å². The molecule has 0 rings (SSSR count). The van der Waals surface area contributed by atoms with E-state index in [0.717, 1.165) is 0 Å². The zero-order valence-electron chi connectivity index (χ0n) is 3.95. The zero-order valence-corrected chi connectivity index (χ0v) is 8.80. The summed E-state index contributed by atoms with van der Waals surface area (Å²) in [5.41, 5.74) is 0. The van der Waals surface area contributed by atoms with Crippen molar-refractivity contribution in [1.29, 1.82) is 0 Å². The fourth-order valence-corrected chi connectivity index (χ4v) is 0. The first-order chi connectivity index (χ1) is 1.73. The van der Waals surface area contributed by atoms with Gasteiger partial charge in [-0.25, -0.2) is 0 Å². The van der Waals surface area contributed by atoms with Crippen molar-refractivity contribution in [1.82, 2.24) is 4.57 Å². The summed E-state index contributed by atoms with van der Waals surface area (Å²) in [6.07, 6.45) is 0. The molecule has 5 heavy (non-hydrogen) atoms. The van der Waals surface area contributed by atoms with Gasteiger partial charge in [-0.05, 0) is 14.1 Å². The van der Waals surface area contributed by atoms with Crippen molar-refractivity contribution < 1.29 is 0 Å². The first-order valence-corrected chi connectivity index (χ1v) is 2.24. The molecule has 0 atom stereocenters. The van der Waals surface area contributed by atoms with E-state index in [4.69, 9.17) is 0 Å². The molecule has 0 aliphatic carbocycles. The summed E-state index contributed by atoms with van der Waals surface area (Å²) in [6.45, 7) is 0. The first-order valence-electron chi connectivity index (χ1n) is 1.34. The third kappa shape index (κ3) is 46.8. The maximum absolute atomic E-state index is 2.14. The molecular formula is C2H11NSiTe. The molecule has 0 amide bonds. The molecule has 0 heterocycles. The summed E-state index contributed by atoms with van der Waals surface area (Å²) in [5, 5.41) is 0. The average Bonchev–Trinajstić information content (AvgIpc) is 0.811. The predicted molar refractivity (Wildman–Crippen MR) is 32.2 cm³/mol. The van der Waals surface area contributed by atoms with E-state index in [9.17, 15) is 0 Å². The van der Waals surface area contributed by atoms with Gasteiger partial charge in [0, 0.05) is 0 Å². The minimum atomic E-state index is 0. The van der Waals surface area contributed by atoms with Gasteiger partial charge in [0.1, 0.15) is 0 Å². The number of hydrogen-bond acceptors (Lipinski definition) is 1. The second-order valence-corrected chi connectivity index (χ2v) is 3.13. The topological polar surface area (TPSA) is 3.24 Å². The van der Waals surface area contributed by atoms with E-state index in [1.54, 1.807) is 0 Å². The van der Waals surface area contributed by atoms with Crippen molar-refractivity contribution in [3.05, 3.63) is 0 Å². The van der Waals surface area contributed by atoms with Crippen LogP contribution in [-0.4, -0.2) is 52.7 Å². The third-order valence-electron chi connectivity index (χ3n) is 0. The van der Waals surface area contributed by atoms with Crippen LogP contribution in [0.5, 0.6) is 0 Å². The van der Waals surface area contributed by atoms with Gasteiger partial charge in [-0.1, -0.05) is 0 Å². The maximum atomic E-state index is 2.14. The molecule has 34 valence electrons. The van der Waals surface area contributed by atoms with Crippen LogP contribution in [0.25, 0.3) is 0 Å². The summed E-state index contributed by atoms with van der Waals surface area (Å²) in [4.78, 5) is 0. The van der Waals surface area contributed by atoms with Crippen molar-refractivity contribution in [2.75, 3.05) is 14.1 Å². The monoisotopic (exact) mass is 207 g/mol. The Bertz CT molecular complexity index is 14.4. The van der Waals surface area contributed by atoms with Gasteiger partial charge in [0.15, 0.2) is 0 Å². The quantitative estimate of drug-likeness (QED) is 0.410. The van der Waals surface area contributed by atoms with E-state index >= 15 is 0 Å². The summed E-state index contributed by atoms with van der Waals surface area (Å²) in [7, 11) is 5.31. The first kappa shape index (κ1) is 9.35. The Balaban J connectivity index is 0. The van der Waals surface area contributed by atoms with Crippen LogP contribution in [0.4, 0.5) is 0 Å². The van der Waals surface area contributed by atoms with E-state index in [-0.39, 0.29) is 23.7 Å². The summed E-state index contributed by atoms with van der Waals surface area (Å²) >= 11 is 0. The van der Waals surface area contributed by atoms with Crippen molar-refractivity contribution in [2.24, 2.45) is 0 Å². The molecule has 0 aliphatic rings. The number of hydrogen-bond donors (Lipinski definition) is 0. The Hall–Kier alpha value is 0.966. The molecule has 0 saturated heterocycles. The molecule has 0 spiro atoms. The molecule has 0 aliphatic heterocycles. The van der Waals surface area contributed by atoms with Gasteiger partial charge in [-0.3, -0.25) is 0 Å². The molecule has 3 heteroatoms. The van der Waals surface area contributed by atoms with E-state index in [1.165, 1.54) is 10.4 Å². The molecule has 0 N–H and O–H groups in total. The fourth-order valence-electron chi connectivity index (χ4n) is 0. The second-order valence-electron chi connectivity index (χ2n) is 1.34. The molecule has 0 fully saturated rings. The van der Waals surface area contributed by atoms with Crippen molar-refractivity contribution in [3.8, 4) is 0 Å².